The number of rotatable bonds is 6. The van der Waals surface area contributed by atoms with Crippen molar-refractivity contribution in [3.8, 4) is 0 Å². The van der Waals surface area contributed by atoms with Crippen molar-refractivity contribution in [2.75, 3.05) is 0 Å². The Labute approximate surface area is 89.1 Å². The first kappa shape index (κ1) is 11.7. The molecule has 0 aromatic carbocycles. The number of carboxylic acids is 1. The summed E-state index contributed by atoms with van der Waals surface area (Å²) in [5, 5.41) is 11.6. The maximum Gasteiger partial charge on any atom is 0.320 e. The summed E-state index contributed by atoms with van der Waals surface area (Å²) in [6.45, 7) is 5.17. The number of aromatic nitrogens is 2. The molecule has 0 radical (unpaired) electrons. The molecule has 1 atom stereocenters. The highest BCUT2D eigenvalue weighted by molar-refractivity contribution is 5.72. The van der Waals surface area contributed by atoms with E-state index in [-0.39, 0.29) is 0 Å². The molecule has 0 fully saturated rings. The van der Waals surface area contributed by atoms with Crippen molar-refractivity contribution in [1.29, 1.82) is 0 Å². The van der Waals surface area contributed by atoms with Crippen molar-refractivity contribution in [3.63, 3.8) is 0 Å². The van der Waals surface area contributed by atoms with Crippen molar-refractivity contribution < 1.29 is 9.90 Å². The van der Waals surface area contributed by atoms with Gasteiger partial charge in [0.05, 0.1) is 12.0 Å². The number of hydrogen-bond acceptors (Lipinski definition) is 3. The van der Waals surface area contributed by atoms with Crippen LogP contribution in [0.25, 0.3) is 0 Å². The Bertz CT molecular complexity index is 322. The van der Waals surface area contributed by atoms with Crippen molar-refractivity contribution >= 4 is 5.97 Å². The fraction of sp³-hybridized carbons (Fsp3) is 0.600. The molecule has 0 aliphatic carbocycles. The number of nitrogens with zero attached hydrogens (tertiary/aromatic N) is 2. The molecule has 0 unspecified atom stereocenters. The zero-order valence-electron chi connectivity index (χ0n) is 9.10. The van der Waals surface area contributed by atoms with Gasteiger partial charge in [0, 0.05) is 19.3 Å². The Balaban J connectivity index is 2.49. The van der Waals surface area contributed by atoms with Crippen LogP contribution in [-0.4, -0.2) is 26.7 Å². The molecular formula is C10H17N3O2. The van der Waals surface area contributed by atoms with Crippen LogP contribution in [0.15, 0.2) is 12.5 Å². The summed E-state index contributed by atoms with van der Waals surface area (Å²) in [6.07, 6.45) is 4.57. The first-order valence-electron chi connectivity index (χ1n) is 5.10. The molecule has 84 valence electrons. The molecule has 5 nitrogen and oxygen atoms in total. The van der Waals surface area contributed by atoms with Crippen LogP contribution in [0.3, 0.4) is 0 Å². The number of carboxylic acid groups (broad SMARTS) is 1. The van der Waals surface area contributed by atoms with Gasteiger partial charge in [0.2, 0.25) is 0 Å². The van der Waals surface area contributed by atoms with Crippen LogP contribution in [0.4, 0.5) is 0 Å². The molecule has 2 N–H and O–H groups in total. The van der Waals surface area contributed by atoms with E-state index in [9.17, 15) is 4.79 Å². The van der Waals surface area contributed by atoms with Crippen LogP contribution in [0.5, 0.6) is 0 Å². The van der Waals surface area contributed by atoms with Gasteiger partial charge in [-0.15, -0.1) is 0 Å². The van der Waals surface area contributed by atoms with Gasteiger partial charge in [-0.1, -0.05) is 6.92 Å². The fourth-order valence-corrected chi connectivity index (χ4v) is 1.28. The molecule has 1 aromatic heterocycles. The molecule has 1 rings (SSSR count). The second kappa shape index (κ2) is 5.50. The smallest absolute Gasteiger partial charge is 0.320 e. The molecule has 0 aliphatic rings. The standard InChI is InChI=1S/C10H17N3O2/c1-3-4-13-7-11-5-9(13)6-12-8(2)10(14)15/h5,7-8,12H,3-4,6H2,1-2H3,(H,14,15)/t8-/m1/s1. The Kier molecular flexibility index (Phi) is 4.30. The maximum absolute atomic E-state index is 10.6. The summed E-state index contributed by atoms with van der Waals surface area (Å²) in [5.74, 6) is -0.837. The van der Waals surface area contributed by atoms with Gasteiger partial charge in [0.15, 0.2) is 0 Å². The van der Waals surface area contributed by atoms with Crippen LogP contribution < -0.4 is 5.32 Å². The summed E-state index contributed by atoms with van der Waals surface area (Å²) in [4.78, 5) is 14.6. The third-order valence-corrected chi connectivity index (χ3v) is 2.22. The summed E-state index contributed by atoms with van der Waals surface area (Å²) >= 11 is 0. The number of nitrogens with one attached hydrogen (secondary N) is 1. The van der Waals surface area contributed by atoms with Crippen LogP contribution in [0.1, 0.15) is 26.0 Å². The molecule has 0 spiro atoms. The minimum absolute atomic E-state index is 0.532. The molecule has 1 heterocycles. The number of aryl methyl sites for hydroxylation is 1. The van der Waals surface area contributed by atoms with E-state index in [1.54, 1.807) is 19.4 Å². The quantitative estimate of drug-likeness (QED) is 0.732. The van der Waals surface area contributed by atoms with E-state index in [0.29, 0.717) is 6.54 Å². The van der Waals surface area contributed by atoms with E-state index in [0.717, 1.165) is 18.7 Å². The van der Waals surface area contributed by atoms with Crippen molar-refractivity contribution in [2.45, 2.75) is 39.4 Å². The lowest BCUT2D eigenvalue weighted by Gasteiger charge is -2.10. The SMILES string of the molecule is CCCn1cncc1CN[C@H](C)C(=O)O. The number of aliphatic carboxylic acids is 1. The van der Waals surface area contributed by atoms with E-state index in [4.69, 9.17) is 5.11 Å². The van der Waals surface area contributed by atoms with Crippen LogP contribution in [-0.2, 0) is 17.9 Å². The molecular weight excluding hydrogens is 194 g/mol. The van der Waals surface area contributed by atoms with E-state index < -0.39 is 12.0 Å². The zero-order chi connectivity index (χ0) is 11.3. The lowest BCUT2D eigenvalue weighted by Crippen LogP contribution is -2.33. The summed E-state index contributed by atoms with van der Waals surface area (Å²) < 4.78 is 2.03. The van der Waals surface area contributed by atoms with Crippen LogP contribution in [0, 0.1) is 0 Å². The molecule has 0 saturated carbocycles. The summed E-state index contributed by atoms with van der Waals surface area (Å²) in [5.41, 5.74) is 1.02. The molecule has 1 aromatic rings. The maximum atomic E-state index is 10.6. The molecule has 0 bridgehead atoms. The van der Waals surface area contributed by atoms with Crippen molar-refractivity contribution in [1.82, 2.24) is 14.9 Å². The largest absolute Gasteiger partial charge is 0.480 e. The van der Waals surface area contributed by atoms with Gasteiger partial charge in [-0.3, -0.25) is 10.1 Å². The average Bonchev–Trinajstić information content (AvgIpc) is 2.62. The highest BCUT2D eigenvalue weighted by Gasteiger charge is 2.10. The monoisotopic (exact) mass is 211 g/mol. The van der Waals surface area contributed by atoms with E-state index in [2.05, 4.69) is 17.2 Å². The van der Waals surface area contributed by atoms with Gasteiger partial charge in [-0.2, -0.15) is 0 Å². The predicted molar refractivity (Wildman–Crippen MR) is 56.5 cm³/mol. The first-order chi connectivity index (χ1) is 7.15. The predicted octanol–water partition coefficient (Wildman–Crippen LogP) is 0.856. The fourth-order valence-electron chi connectivity index (χ4n) is 1.28. The van der Waals surface area contributed by atoms with Crippen LogP contribution >= 0.6 is 0 Å². The van der Waals surface area contributed by atoms with Gasteiger partial charge in [-0.25, -0.2) is 4.98 Å². The van der Waals surface area contributed by atoms with Crippen molar-refractivity contribution in [3.05, 3.63) is 18.2 Å². The second-order valence-electron chi connectivity index (χ2n) is 3.52. The van der Waals surface area contributed by atoms with E-state index in [1.807, 2.05) is 4.57 Å². The Morgan fingerprint density at radius 3 is 3.07 bits per heavy atom. The van der Waals surface area contributed by atoms with E-state index in [1.165, 1.54) is 0 Å². The van der Waals surface area contributed by atoms with Gasteiger partial charge < -0.3 is 9.67 Å². The molecule has 5 heteroatoms. The van der Waals surface area contributed by atoms with Crippen LogP contribution in [0.2, 0.25) is 0 Å². The third-order valence-electron chi connectivity index (χ3n) is 2.22. The minimum atomic E-state index is -0.837. The highest BCUT2D eigenvalue weighted by Crippen LogP contribution is 2.00. The Morgan fingerprint density at radius 1 is 1.73 bits per heavy atom. The number of carbonyl (C=O) groups is 1. The van der Waals surface area contributed by atoms with Gasteiger partial charge in [-0.05, 0) is 13.3 Å². The van der Waals surface area contributed by atoms with Crippen molar-refractivity contribution in [2.24, 2.45) is 0 Å². The molecule has 0 aliphatic heterocycles. The molecule has 0 saturated heterocycles. The lowest BCUT2D eigenvalue weighted by molar-refractivity contribution is -0.139. The number of imidazole rings is 1. The first-order valence-corrected chi connectivity index (χ1v) is 5.10. The summed E-state index contributed by atoms with van der Waals surface area (Å²) in [7, 11) is 0. The molecule has 15 heavy (non-hydrogen) atoms. The van der Waals surface area contributed by atoms with Gasteiger partial charge >= 0.3 is 5.97 Å². The second-order valence-corrected chi connectivity index (χ2v) is 3.52. The van der Waals surface area contributed by atoms with Gasteiger partial charge in [0.1, 0.15) is 6.04 Å². The Morgan fingerprint density at radius 2 is 2.47 bits per heavy atom. The zero-order valence-corrected chi connectivity index (χ0v) is 9.10. The number of hydrogen-bond donors (Lipinski definition) is 2. The Hall–Kier alpha value is -1.36. The highest BCUT2D eigenvalue weighted by atomic mass is 16.4. The summed E-state index contributed by atoms with van der Waals surface area (Å²) in [6, 6.07) is -0.532. The lowest BCUT2D eigenvalue weighted by atomic mass is 10.3. The van der Waals surface area contributed by atoms with E-state index >= 15 is 0 Å². The average molecular weight is 211 g/mol. The topological polar surface area (TPSA) is 67.2 Å². The normalized spacial score (nSPS) is 12.7. The molecule has 0 amide bonds. The minimum Gasteiger partial charge on any atom is -0.480 e. The van der Waals surface area contributed by atoms with Gasteiger partial charge in [0.25, 0.3) is 0 Å². The third kappa shape index (κ3) is 3.36.